The number of methoxy groups -OCH3 is 1. The first-order chi connectivity index (χ1) is 7.15. The summed E-state index contributed by atoms with van der Waals surface area (Å²) in [5.74, 6) is 0.527. The van der Waals surface area contributed by atoms with Gasteiger partial charge in [0.05, 0.1) is 6.61 Å². The summed E-state index contributed by atoms with van der Waals surface area (Å²) in [6.07, 6.45) is 2.31. The van der Waals surface area contributed by atoms with E-state index in [2.05, 4.69) is 19.2 Å². The van der Waals surface area contributed by atoms with E-state index in [4.69, 9.17) is 4.74 Å². The summed E-state index contributed by atoms with van der Waals surface area (Å²) in [6.45, 7) is 6.29. The van der Waals surface area contributed by atoms with Crippen molar-refractivity contribution in [3.05, 3.63) is 0 Å². The maximum absolute atomic E-state index is 11.8. The zero-order valence-corrected chi connectivity index (χ0v) is 9.95. The van der Waals surface area contributed by atoms with Crippen LogP contribution >= 0.6 is 0 Å². The number of ether oxygens (including phenoxy) is 1. The van der Waals surface area contributed by atoms with E-state index in [1.165, 1.54) is 0 Å². The minimum Gasteiger partial charge on any atom is -0.383 e. The van der Waals surface area contributed by atoms with Crippen LogP contribution in [0, 0.1) is 5.92 Å². The van der Waals surface area contributed by atoms with Gasteiger partial charge in [-0.05, 0) is 18.8 Å². The van der Waals surface area contributed by atoms with E-state index in [1.807, 2.05) is 4.90 Å². The number of hydrogen-bond donors (Lipinski definition) is 1. The molecule has 1 rings (SSSR count). The molecule has 0 aromatic rings. The average Bonchev–Trinajstić information content (AvgIpc) is 2.97. The molecule has 1 N–H and O–H groups in total. The van der Waals surface area contributed by atoms with E-state index in [1.54, 1.807) is 7.11 Å². The third-order valence-electron chi connectivity index (χ3n) is 2.39. The highest BCUT2D eigenvalue weighted by Crippen LogP contribution is 2.27. The van der Waals surface area contributed by atoms with Gasteiger partial charge in [0.15, 0.2) is 0 Å². The van der Waals surface area contributed by atoms with E-state index in [-0.39, 0.29) is 6.03 Å². The zero-order valence-electron chi connectivity index (χ0n) is 9.95. The largest absolute Gasteiger partial charge is 0.383 e. The molecule has 4 heteroatoms. The lowest BCUT2D eigenvalue weighted by Crippen LogP contribution is -2.44. The summed E-state index contributed by atoms with van der Waals surface area (Å²) >= 11 is 0. The first-order valence-electron chi connectivity index (χ1n) is 5.68. The number of amides is 2. The standard InChI is InChI=1S/C11H22N2O2/c1-9(2)8-13(10-4-5-10)11(14)12-6-7-15-3/h9-10H,4-8H2,1-3H3,(H,12,14). The molecule has 4 nitrogen and oxygen atoms in total. The molecule has 0 bridgehead atoms. The lowest BCUT2D eigenvalue weighted by Gasteiger charge is -2.24. The van der Waals surface area contributed by atoms with Crippen LogP contribution in [0.15, 0.2) is 0 Å². The second-order valence-corrected chi connectivity index (χ2v) is 4.50. The maximum Gasteiger partial charge on any atom is 0.317 e. The van der Waals surface area contributed by atoms with Gasteiger partial charge in [-0.25, -0.2) is 4.79 Å². The third-order valence-corrected chi connectivity index (χ3v) is 2.39. The highest BCUT2D eigenvalue weighted by Gasteiger charge is 2.32. The van der Waals surface area contributed by atoms with Crippen LogP contribution in [0.3, 0.4) is 0 Å². The average molecular weight is 214 g/mol. The lowest BCUT2D eigenvalue weighted by atomic mass is 10.2. The molecule has 0 radical (unpaired) electrons. The Hall–Kier alpha value is -0.770. The van der Waals surface area contributed by atoms with Crippen molar-refractivity contribution in [2.75, 3.05) is 26.8 Å². The molecule has 0 aliphatic heterocycles. The summed E-state index contributed by atoms with van der Waals surface area (Å²) < 4.78 is 4.90. The molecule has 1 aliphatic rings. The van der Waals surface area contributed by atoms with Crippen molar-refractivity contribution in [3.63, 3.8) is 0 Å². The fourth-order valence-corrected chi connectivity index (χ4v) is 1.54. The minimum atomic E-state index is 0.0586. The summed E-state index contributed by atoms with van der Waals surface area (Å²) in [5, 5.41) is 2.87. The number of carbonyl (C=O) groups excluding carboxylic acids is 1. The van der Waals surface area contributed by atoms with Crippen LogP contribution in [0.4, 0.5) is 4.79 Å². The number of rotatable bonds is 6. The Balaban J connectivity index is 2.30. The van der Waals surface area contributed by atoms with Gasteiger partial charge in [-0.1, -0.05) is 13.8 Å². The van der Waals surface area contributed by atoms with Gasteiger partial charge in [-0.2, -0.15) is 0 Å². The molecule has 15 heavy (non-hydrogen) atoms. The molecule has 0 heterocycles. The van der Waals surface area contributed by atoms with E-state index < -0.39 is 0 Å². The molecule has 0 atom stereocenters. The Morgan fingerprint density at radius 2 is 2.20 bits per heavy atom. The Labute approximate surface area is 92.0 Å². The van der Waals surface area contributed by atoms with Gasteiger partial charge in [0.25, 0.3) is 0 Å². The maximum atomic E-state index is 11.8. The fourth-order valence-electron chi connectivity index (χ4n) is 1.54. The van der Waals surface area contributed by atoms with Gasteiger partial charge in [-0.3, -0.25) is 0 Å². The molecule has 2 amide bonds. The summed E-state index contributed by atoms with van der Waals surface area (Å²) in [5.41, 5.74) is 0. The van der Waals surface area contributed by atoms with E-state index in [0.717, 1.165) is 19.4 Å². The number of nitrogens with one attached hydrogen (secondary N) is 1. The van der Waals surface area contributed by atoms with E-state index in [0.29, 0.717) is 25.1 Å². The predicted octanol–water partition coefficient (Wildman–Crippen LogP) is 1.46. The summed E-state index contributed by atoms with van der Waals surface area (Å²) in [6, 6.07) is 0.540. The number of carbonyl (C=O) groups is 1. The van der Waals surface area contributed by atoms with Gasteiger partial charge in [0, 0.05) is 26.2 Å². The van der Waals surface area contributed by atoms with Crippen molar-refractivity contribution in [2.45, 2.75) is 32.7 Å². The number of urea groups is 1. The summed E-state index contributed by atoms with van der Waals surface area (Å²) in [4.78, 5) is 13.8. The first-order valence-corrected chi connectivity index (χ1v) is 5.68. The van der Waals surface area contributed by atoms with E-state index in [9.17, 15) is 4.79 Å². The molecule has 88 valence electrons. The molecular formula is C11H22N2O2. The van der Waals surface area contributed by atoms with Crippen molar-refractivity contribution < 1.29 is 9.53 Å². The second-order valence-electron chi connectivity index (χ2n) is 4.50. The third kappa shape index (κ3) is 4.51. The summed E-state index contributed by atoms with van der Waals surface area (Å²) in [7, 11) is 1.64. The SMILES string of the molecule is COCCNC(=O)N(CC(C)C)C1CC1. The Bertz CT molecular complexity index is 203. The Morgan fingerprint density at radius 1 is 1.53 bits per heavy atom. The number of hydrogen-bond acceptors (Lipinski definition) is 2. The van der Waals surface area contributed by atoms with Gasteiger partial charge < -0.3 is 15.0 Å². The monoisotopic (exact) mass is 214 g/mol. The van der Waals surface area contributed by atoms with Crippen LogP contribution in [0.1, 0.15) is 26.7 Å². The molecule has 1 fully saturated rings. The van der Waals surface area contributed by atoms with Gasteiger partial charge >= 0.3 is 6.03 Å². The van der Waals surface area contributed by atoms with Gasteiger partial charge in [-0.15, -0.1) is 0 Å². The van der Waals surface area contributed by atoms with Crippen LogP contribution in [-0.2, 0) is 4.74 Å². The fraction of sp³-hybridized carbons (Fsp3) is 0.909. The quantitative estimate of drug-likeness (QED) is 0.680. The highest BCUT2D eigenvalue weighted by molar-refractivity contribution is 5.74. The molecule has 0 saturated heterocycles. The van der Waals surface area contributed by atoms with Crippen molar-refractivity contribution in [1.82, 2.24) is 10.2 Å². The van der Waals surface area contributed by atoms with E-state index >= 15 is 0 Å². The molecule has 0 spiro atoms. The lowest BCUT2D eigenvalue weighted by molar-refractivity contribution is 0.173. The zero-order chi connectivity index (χ0) is 11.3. The van der Waals surface area contributed by atoms with Crippen LogP contribution < -0.4 is 5.32 Å². The van der Waals surface area contributed by atoms with Crippen LogP contribution in [-0.4, -0.2) is 43.8 Å². The van der Waals surface area contributed by atoms with Crippen molar-refractivity contribution >= 4 is 6.03 Å². The molecular weight excluding hydrogens is 192 g/mol. The van der Waals surface area contributed by atoms with Crippen molar-refractivity contribution in [3.8, 4) is 0 Å². The second kappa shape index (κ2) is 5.95. The Kier molecular flexibility index (Phi) is 4.88. The molecule has 0 unspecified atom stereocenters. The Morgan fingerprint density at radius 3 is 2.67 bits per heavy atom. The van der Waals surface area contributed by atoms with Crippen LogP contribution in [0.25, 0.3) is 0 Å². The molecule has 0 aromatic carbocycles. The van der Waals surface area contributed by atoms with Crippen molar-refractivity contribution in [2.24, 2.45) is 5.92 Å². The van der Waals surface area contributed by atoms with Crippen molar-refractivity contribution in [1.29, 1.82) is 0 Å². The van der Waals surface area contributed by atoms with Crippen LogP contribution in [0.5, 0.6) is 0 Å². The molecule has 0 aromatic heterocycles. The predicted molar refractivity (Wildman–Crippen MR) is 59.8 cm³/mol. The first kappa shape index (κ1) is 12.3. The van der Waals surface area contributed by atoms with Gasteiger partial charge in [0.2, 0.25) is 0 Å². The topological polar surface area (TPSA) is 41.6 Å². The normalized spacial score (nSPS) is 15.5. The molecule has 1 saturated carbocycles. The molecule has 1 aliphatic carbocycles. The highest BCUT2D eigenvalue weighted by atomic mass is 16.5. The van der Waals surface area contributed by atoms with Crippen LogP contribution in [0.2, 0.25) is 0 Å². The number of nitrogens with zero attached hydrogens (tertiary/aromatic N) is 1. The van der Waals surface area contributed by atoms with Gasteiger partial charge in [0.1, 0.15) is 0 Å². The smallest absolute Gasteiger partial charge is 0.317 e. The minimum absolute atomic E-state index is 0.0586.